The molecule has 0 saturated heterocycles. The van der Waals surface area contributed by atoms with Crippen molar-refractivity contribution in [3.8, 4) is 11.1 Å². The summed E-state index contributed by atoms with van der Waals surface area (Å²) in [5.74, 6) is 0. The van der Waals surface area contributed by atoms with E-state index in [0.29, 0.717) is 0 Å². The first kappa shape index (κ1) is 8.62. The van der Waals surface area contributed by atoms with Gasteiger partial charge in [0.25, 0.3) is 0 Å². The molecule has 0 N–H and O–H groups in total. The molecular formula is C13H9NS. The number of nitrogens with zero attached hydrogens (tertiary/aromatic N) is 1. The van der Waals surface area contributed by atoms with Gasteiger partial charge in [-0.15, -0.1) is 11.3 Å². The summed E-state index contributed by atoms with van der Waals surface area (Å²) in [5, 5.41) is 3.44. The van der Waals surface area contributed by atoms with Crippen molar-refractivity contribution < 1.29 is 0 Å². The van der Waals surface area contributed by atoms with Gasteiger partial charge in [-0.25, -0.2) is 0 Å². The van der Waals surface area contributed by atoms with Gasteiger partial charge in [-0.2, -0.15) is 0 Å². The second kappa shape index (κ2) is 3.48. The lowest BCUT2D eigenvalue weighted by molar-refractivity contribution is 1.33. The van der Waals surface area contributed by atoms with Gasteiger partial charge < -0.3 is 0 Å². The zero-order valence-corrected chi connectivity index (χ0v) is 8.87. The predicted molar refractivity (Wildman–Crippen MR) is 65.1 cm³/mol. The molecule has 2 heterocycles. The van der Waals surface area contributed by atoms with Crippen LogP contribution in [0.15, 0.2) is 54.2 Å². The van der Waals surface area contributed by atoms with Crippen molar-refractivity contribution in [1.29, 1.82) is 0 Å². The number of aromatic nitrogens is 1. The van der Waals surface area contributed by atoms with Gasteiger partial charge in [-0.1, -0.05) is 24.3 Å². The molecular weight excluding hydrogens is 202 g/mol. The first-order valence-corrected chi connectivity index (χ1v) is 5.70. The van der Waals surface area contributed by atoms with E-state index in [2.05, 4.69) is 40.7 Å². The maximum atomic E-state index is 4.16. The molecule has 3 rings (SSSR count). The highest BCUT2D eigenvalue weighted by atomic mass is 32.1. The Bertz CT molecular complexity index is 584. The van der Waals surface area contributed by atoms with Crippen LogP contribution in [-0.4, -0.2) is 4.98 Å². The van der Waals surface area contributed by atoms with Gasteiger partial charge in [0.05, 0.1) is 0 Å². The van der Waals surface area contributed by atoms with Gasteiger partial charge in [-0.3, -0.25) is 4.98 Å². The third kappa shape index (κ3) is 1.43. The molecule has 2 heteroatoms. The van der Waals surface area contributed by atoms with E-state index in [9.17, 15) is 0 Å². The quantitative estimate of drug-likeness (QED) is 0.593. The minimum Gasteiger partial charge on any atom is -0.264 e. The summed E-state index contributed by atoms with van der Waals surface area (Å²) in [5.41, 5.74) is 2.46. The molecule has 3 aromatic rings. The molecule has 0 unspecified atom stereocenters. The Morgan fingerprint density at radius 3 is 2.87 bits per heavy atom. The van der Waals surface area contributed by atoms with Crippen LogP contribution >= 0.6 is 11.3 Å². The molecule has 0 aliphatic heterocycles. The number of pyridine rings is 1. The molecule has 0 amide bonds. The zero-order chi connectivity index (χ0) is 10.1. The summed E-state index contributed by atoms with van der Waals surface area (Å²) in [6, 6.07) is 12.6. The average Bonchev–Trinajstić information content (AvgIpc) is 2.78. The van der Waals surface area contributed by atoms with Crippen molar-refractivity contribution >= 4 is 21.4 Å². The maximum Gasteiger partial charge on any atom is 0.0421 e. The van der Waals surface area contributed by atoms with E-state index in [4.69, 9.17) is 0 Å². The fraction of sp³-hybridized carbons (Fsp3) is 0. The number of fused-ring (bicyclic) bond motifs is 1. The molecule has 2 aromatic heterocycles. The van der Waals surface area contributed by atoms with E-state index in [0.717, 1.165) is 0 Å². The van der Waals surface area contributed by atoms with E-state index in [1.165, 1.54) is 21.2 Å². The van der Waals surface area contributed by atoms with Crippen molar-refractivity contribution in [1.82, 2.24) is 4.98 Å². The second-order valence-corrected chi connectivity index (χ2v) is 4.30. The van der Waals surface area contributed by atoms with Gasteiger partial charge in [0.15, 0.2) is 0 Å². The number of hydrogen-bond donors (Lipinski definition) is 0. The Morgan fingerprint density at radius 2 is 2.00 bits per heavy atom. The number of benzene rings is 1. The fourth-order valence-electron chi connectivity index (χ4n) is 1.74. The summed E-state index contributed by atoms with van der Waals surface area (Å²) in [4.78, 5) is 4.16. The molecule has 0 aliphatic carbocycles. The van der Waals surface area contributed by atoms with Crippen LogP contribution in [0.2, 0.25) is 0 Å². The molecule has 0 spiro atoms. The first-order valence-electron chi connectivity index (χ1n) is 4.82. The molecule has 72 valence electrons. The lowest BCUT2D eigenvalue weighted by Gasteiger charge is -2.01. The number of hydrogen-bond acceptors (Lipinski definition) is 2. The van der Waals surface area contributed by atoms with E-state index < -0.39 is 0 Å². The van der Waals surface area contributed by atoms with Crippen LogP contribution in [0.1, 0.15) is 0 Å². The average molecular weight is 211 g/mol. The Labute approximate surface area is 92.0 Å². The van der Waals surface area contributed by atoms with Crippen LogP contribution in [0, 0.1) is 0 Å². The van der Waals surface area contributed by atoms with Crippen LogP contribution < -0.4 is 0 Å². The maximum absolute atomic E-state index is 4.16. The minimum atomic E-state index is 1.19. The first-order chi connectivity index (χ1) is 7.45. The van der Waals surface area contributed by atoms with E-state index >= 15 is 0 Å². The highest BCUT2D eigenvalue weighted by Crippen LogP contribution is 2.31. The van der Waals surface area contributed by atoms with E-state index in [-0.39, 0.29) is 0 Å². The van der Waals surface area contributed by atoms with E-state index in [1.54, 1.807) is 17.5 Å². The highest BCUT2D eigenvalue weighted by molar-refractivity contribution is 7.17. The summed E-state index contributed by atoms with van der Waals surface area (Å²) in [6.07, 6.45) is 3.71. The standard InChI is InChI=1S/C13H9NS/c1-3-10-6-8-15-13(10)12(5-1)11-4-2-7-14-9-11/h1-9H. The summed E-state index contributed by atoms with van der Waals surface area (Å²) >= 11 is 1.78. The summed E-state index contributed by atoms with van der Waals surface area (Å²) < 4.78 is 1.34. The van der Waals surface area contributed by atoms with Crippen molar-refractivity contribution in [2.75, 3.05) is 0 Å². The topological polar surface area (TPSA) is 12.9 Å². The highest BCUT2D eigenvalue weighted by Gasteiger charge is 2.03. The molecule has 0 aliphatic rings. The largest absolute Gasteiger partial charge is 0.264 e. The summed E-state index contributed by atoms with van der Waals surface area (Å²) in [7, 11) is 0. The van der Waals surface area contributed by atoms with Crippen LogP contribution in [0.3, 0.4) is 0 Å². The Kier molecular flexibility index (Phi) is 2.00. The molecule has 0 fully saturated rings. The van der Waals surface area contributed by atoms with Gasteiger partial charge in [-0.05, 0) is 22.9 Å². The monoisotopic (exact) mass is 211 g/mol. The van der Waals surface area contributed by atoms with Gasteiger partial charge in [0.2, 0.25) is 0 Å². The fourth-order valence-corrected chi connectivity index (χ4v) is 2.68. The zero-order valence-electron chi connectivity index (χ0n) is 8.05. The third-order valence-corrected chi connectivity index (χ3v) is 3.42. The van der Waals surface area contributed by atoms with Gasteiger partial charge in [0.1, 0.15) is 0 Å². The van der Waals surface area contributed by atoms with Crippen LogP contribution in [0.4, 0.5) is 0 Å². The predicted octanol–water partition coefficient (Wildman–Crippen LogP) is 3.96. The molecule has 0 radical (unpaired) electrons. The minimum absolute atomic E-state index is 1.19. The van der Waals surface area contributed by atoms with Crippen molar-refractivity contribution in [3.63, 3.8) is 0 Å². The molecule has 0 saturated carbocycles. The van der Waals surface area contributed by atoms with E-state index in [1.807, 2.05) is 12.3 Å². The molecule has 1 nitrogen and oxygen atoms in total. The second-order valence-electron chi connectivity index (χ2n) is 3.39. The van der Waals surface area contributed by atoms with Crippen molar-refractivity contribution in [2.24, 2.45) is 0 Å². The van der Waals surface area contributed by atoms with Gasteiger partial charge in [0, 0.05) is 28.2 Å². The Balaban J connectivity index is 2.31. The normalized spacial score (nSPS) is 10.7. The SMILES string of the molecule is c1cncc(-c2cccc3ccsc23)c1. The Hall–Kier alpha value is -1.67. The lowest BCUT2D eigenvalue weighted by atomic mass is 10.1. The lowest BCUT2D eigenvalue weighted by Crippen LogP contribution is -1.78. The Morgan fingerprint density at radius 1 is 1.00 bits per heavy atom. The number of thiophene rings is 1. The van der Waals surface area contributed by atoms with Crippen LogP contribution in [0.5, 0.6) is 0 Å². The smallest absolute Gasteiger partial charge is 0.0421 e. The van der Waals surface area contributed by atoms with Crippen LogP contribution in [-0.2, 0) is 0 Å². The van der Waals surface area contributed by atoms with Gasteiger partial charge >= 0.3 is 0 Å². The van der Waals surface area contributed by atoms with Crippen molar-refractivity contribution in [3.05, 3.63) is 54.2 Å². The number of rotatable bonds is 1. The van der Waals surface area contributed by atoms with Crippen molar-refractivity contribution in [2.45, 2.75) is 0 Å². The third-order valence-electron chi connectivity index (χ3n) is 2.45. The molecule has 0 atom stereocenters. The molecule has 0 bridgehead atoms. The van der Waals surface area contributed by atoms with Crippen LogP contribution in [0.25, 0.3) is 21.2 Å². The molecule has 1 aromatic carbocycles. The molecule has 15 heavy (non-hydrogen) atoms. The summed E-state index contributed by atoms with van der Waals surface area (Å²) in [6.45, 7) is 0.